The van der Waals surface area contributed by atoms with Crippen LogP contribution in [-0.4, -0.2) is 34.4 Å². The van der Waals surface area contributed by atoms with Crippen molar-refractivity contribution in [1.29, 1.82) is 0 Å². The smallest absolute Gasteiger partial charge is 0.325 e. The number of halogens is 1. The Balaban J connectivity index is 2.63. The quantitative estimate of drug-likeness (QED) is 0.786. The highest BCUT2D eigenvalue weighted by Gasteiger charge is 2.34. The molecule has 0 aliphatic rings. The molecule has 0 spiro atoms. The molecule has 0 bridgehead atoms. The van der Waals surface area contributed by atoms with E-state index in [2.05, 4.69) is 10.4 Å². The van der Waals surface area contributed by atoms with Crippen molar-refractivity contribution in [3.8, 4) is 0 Å². The van der Waals surface area contributed by atoms with Gasteiger partial charge in [0.15, 0.2) is 0 Å². The van der Waals surface area contributed by atoms with Crippen LogP contribution in [0.3, 0.4) is 0 Å². The zero-order valence-electron chi connectivity index (χ0n) is 12.9. The average molecular weight is 302 g/mol. The molecular formula is C14H24ClN3O2. The fourth-order valence-electron chi connectivity index (χ4n) is 2.33. The van der Waals surface area contributed by atoms with Gasteiger partial charge in [0.25, 0.3) is 0 Å². The van der Waals surface area contributed by atoms with E-state index < -0.39 is 5.54 Å². The third kappa shape index (κ3) is 4.21. The summed E-state index contributed by atoms with van der Waals surface area (Å²) in [6.07, 6.45) is 3.13. The largest absolute Gasteiger partial charge is 0.468 e. The summed E-state index contributed by atoms with van der Waals surface area (Å²) < 4.78 is 6.76. The molecule has 1 heterocycles. The van der Waals surface area contributed by atoms with Crippen LogP contribution >= 0.6 is 11.6 Å². The molecular weight excluding hydrogens is 278 g/mol. The van der Waals surface area contributed by atoms with Gasteiger partial charge >= 0.3 is 5.97 Å². The van der Waals surface area contributed by atoms with Gasteiger partial charge in [-0.2, -0.15) is 5.10 Å². The van der Waals surface area contributed by atoms with Gasteiger partial charge in [0.2, 0.25) is 0 Å². The van der Waals surface area contributed by atoms with E-state index in [1.165, 1.54) is 7.11 Å². The second-order valence-electron chi connectivity index (χ2n) is 5.53. The number of aromatic nitrogens is 2. The maximum Gasteiger partial charge on any atom is 0.325 e. The first-order chi connectivity index (χ1) is 9.30. The Kier molecular flexibility index (Phi) is 6.02. The van der Waals surface area contributed by atoms with Crippen molar-refractivity contribution in [2.24, 2.45) is 0 Å². The number of methoxy groups -OCH3 is 1. The molecule has 0 aliphatic heterocycles. The Morgan fingerprint density at radius 3 is 2.70 bits per heavy atom. The van der Waals surface area contributed by atoms with Gasteiger partial charge < -0.3 is 4.74 Å². The molecule has 20 heavy (non-hydrogen) atoms. The van der Waals surface area contributed by atoms with Gasteiger partial charge in [0.05, 0.1) is 24.0 Å². The van der Waals surface area contributed by atoms with Crippen molar-refractivity contribution in [2.45, 2.75) is 58.7 Å². The van der Waals surface area contributed by atoms with Gasteiger partial charge in [-0.05, 0) is 40.5 Å². The summed E-state index contributed by atoms with van der Waals surface area (Å²) in [6, 6.07) is 0.208. The monoisotopic (exact) mass is 301 g/mol. The first-order valence-electron chi connectivity index (χ1n) is 6.84. The van der Waals surface area contributed by atoms with E-state index in [0.29, 0.717) is 11.4 Å². The molecule has 1 unspecified atom stereocenters. The molecule has 0 radical (unpaired) electrons. The van der Waals surface area contributed by atoms with Crippen LogP contribution in [0.1, 0.15) is 39.3 Å². The second kappa shape index (κ2) is 7.09. The fourth-order valence-corrected chi connectivity index (χ4v) is 2.47. The van der Waals surface area contributed by atoms with E-state index >= 15 is 0 Å². The Hall–Kier alpha value is -1.07. The third-order valence-electron chi connectivity index (χ3n) is 3.33. The number of esters is 1. The first-order valence-corrected chi connectivity index (χ1v) is 7.22. The molecule has 1 aromatic rings. The SMILES string of the molecule is COC(=O)C(C)(CCCn1ncc(Cl)c1C)NC(C)C. The number of hydrogen-bond donors (Lipinski definition) is 1. The van der Waals surface area contributed by atoms with E-state index in [4.69, 9.17) is 16.3 Å². The summed E-state index contributed by atoms with van der Waals surface area (Å²) >= 11 is 5.97. The lowest BCUT2D eigenvalue weighted by Crippen LogP contribution is -2.53. The minimum Gasteiger partial charge on any atom is -0.468 e. The van der Waals surface area contributed by atoms with Crippen LogP contribution in [0.5, 0.6) is 0 Å². The summed E-state index contributed by atoms with van der Waals surface area (Å²) in [5.41, 5.74) is 0.275. The van der Waals surface area contributed by atoms with Crippen LogP contribution in [0.2, 0.25) is 5.02 Å². The molecule has 0 aliphatic carbocycles. The first kappa shape index (κ1) is 17.0. The fraction of sp³-hybridized carbons (Fsp3) is 0.714. The van der Waals surface area contributed by atoms with Gasteiger partial charge in [-0.1, -0.05) is 11.6 Å². The van der Waals surface area contributed by atoms with Crippen LogP contribution < -0.4 is 5.32 Å². The topological polar surface area (TPSA) is 56.2 Å². The number of nitrogens with zero attached hydrogens (tertiary/aromatic N) is 2. The molecule has 1 atom stereocenters. The Morgan fingerprint density at radius 2 is 2.25 bits per heavy atom. The summed E-state index contributed by atoms with van der Waals surface area (Å²) in [5, 5.41) is 8.16. The van der Waals surface area contributed by atoms with Crippen molar-refractivity contribution < 1.29 is 9.53 Å². The molecule has 0 fully saturated rings. The van der Waals surface area contributed by atoms with Crippen molar-refractivity contribution >= 4 is 17.6 Å². The second-order valence-corrected chi connectivity index (χ2v) is 5.93. The highest BCUT2D eigenvalue weighted by molar-refractivity contribution is 6.31. The van der Waals surface area contributed by atoms with Gasteiger partial charge in [0.1, 0.15) is 5.54 Å². The minimum absolute atomic E-state index is 0.208. The van der Waals surface area contributed by atoms with E-state index in [1.807, 2.05) is 32.4 Å². The Labute approximate surface area is 125 Å². The van der Waals surface area contributed by atoms with E-state index in [0.717, 1.165) is 18.7 Å². The predicted molar refractivity (Wildman–Crippen MR) is 79.9 cm³/mol. The Morgan fingerprint density at radius 1 is 1.60 bits per heavy atom. The zero-order valence-corrected chi connectivity index (χ0v) is 13.6. The van der Waals surface area contributed by atoms with Crippen LogP contribution in [0.25, 0.3) is 0 Å². The lowest BCUT2D eigenvalue weighted by molar-refractivity contribution is -0.148. The normalized spacial score (nSPS) is 14.3. The van der Waals surface area contributed by atoms with Gasteiger partial charge in [-0.3, -0.25) is 14.8 Å². The lowest BCUT2D eigenvalue weighted by Gasteiger charge is -2.30. The van der Waals surface area contributed by atoms with E-state index in [9.17, 15) is 4.79 Å². The maximum absolute atomic E-state index is 12.0. The van der Waals surface area contributed by atoms with Gasteiger partial charge in [0, 0.05) is 12.6 Å². The molecule has 6 heteroatoms. The molecule has 0 amide bonds. The molecule has 1 rings (SSSR count). The molecule has 1 aromatic heterocycles. The number of hydrogen-bond acceptors (Lipinski definition) is 4. The highest BCUT2D eigenvalue weighted by Crippen LogP contribution is 2.18. The minimum atomic E-state index is -0.673. The summed E-state index contributed by atoms with van der Waals surface area (Å²) in [5.74, 6) is -0.235. The van der Waals surface area contributed by atoms with Crippen LogP contribution in [0.4, 0.5) is 0 Å². The zero-order chi connectivity index (χ0) is 15.3. The lowest BCUT2D eigenvalue weighted by atomic mass is 9.94. The predicted octanol–water partition coefficient (Wildman–Crippen LogP) is 2.55. The number of carbonyl (C=O) groups is 1. The standard InChI is InChI=1S/C14H24ClN3O2/c1-10(2)17-14(4,13(19)20-5)7-6-8-18-11(3)12(15)9-16-18/h9-10,17H,6-8H2,1-5H3. The average Bonchev–Trinajstić information content (AvgIpc) is 2.68. The van der Waals surface area contributed by atoms with Crippen LogP contribution in [0.15, 0.2) is 6.20 Å². The number of carbonyl (C=O) groups excluding carboxylic acids is 1. The summed E-state index contributed by atoms with van der Waals surface area (Å²) in [4.78, 5) is 12.0. The van der Waals surface area contributed by atoms with Crippen LogP contribution in [-0.2, 0) is 16.1 Å². The van der Waals surface area contributed by atoms with Crippen molar-refractivity contribution in [2.75, 3.05) is 7.11 Å². The number of rotatable bonds is 7. The molecule has 5 nitrogen and oxygen atoms in total. The molecule has 0 aromatic carbocycles. The number of nitrogens with one attached hydrogen (secondary N) is 1. The van der Waals surface area contributed by atoms with E-state index in [1.54, 1.807) is 6.20 Å². The van der Waals surface area contributed by atoms with Gasteiger partial charge in [-0.15, -0.1) is 0 Å². The molecule has 1 N–H and O–H groups in total. The molecule has 0 saturated heterocycles. The van der Waals surface area contributed by atoms with Gasteiger partial charge in [-0.25, -0.2) is 0 Å². The maximum atomic E-state index is 12.0. The van der Waals surface area contributed by atoms with Crippen molar-refractivity contribution in [1.82, 2.24) is 15.1 Å². The Bertz CT molecular complexity index is 459. The highest BCUT2D eigenvalue weighted by atomic mass is 35.5. The third-order valence-corrected chi connectivity index (χ3v) is 3.70. The molecule has 0 saturated carbocycles. The summed E-state index contributed by atoms with van der Waals surface area (Å²) in [7, 11) is 1.42. The molecule has 114 valence electrons. The number of aryl methyl sites for hydroxylation is 1. The van der Waals surface area contributed by atoms with Crippen molar-refractivity contribution in [3.05, 3.63) is 16.9 Å². The van der Waals surface area contributed by atoms with Crippen LogP contribution in [0, 0.1) is 6.92 Å². The van der Waals surface area contributed by atoms with E-state index in [-0.39, 0.29) is 12.0 Å². The number of ether oxygens (including phenoxy) is 1. The van der Waals surface area contributed by atoms with Crippen molar-refractivity contribution in [3.63, 3.8) is 0 Å². The summed E-state index contributed by atoms with van der Waals surface area (Å²) in [6.45, 7) is 8.56.